The van der Waals surface area contributed by atoms with Crippen LogP contribution in [0, 0.1) is 5.92 Å². The van der Waals surface area contributed by atoms with Gasteiger partial charge in [-0.05, 0) is 12.3 Å². The smallest absolute Gasteiger partial charge is 0.0984 e. The Bertz CT molecular complexity index is 270. The van der Waals surface area contributed by atoms with Crippen molar-refractivity contribution in [3.63, 3.8) is 0 Å². The Labute approximate surface area is 90.0 Å². The van der Waals surface area contributed by atoms with Gasteiger partial charge in [-0.2, -0.15) is 0 Å². The molecule has 1 heterocycles. The molecule has 0 aliphatic rings. The zero-order valence-corrected chi connectivity index (χ0v) is 9.97. The summed E-state index contributed by atoms with van der Waals surface area (Å²) in [6.45, 7) is 6.62. The van der Waals surface area contributed by atoms with Gasteiger partial charge in [-0.15, -0.1) is 11.3 Å². The lowest BCUT2D eigenvalue weighted by atomic mass is 9.98. The van der Waals surface area contributed by atoms with Crippen LogP contribution >= 0.6 is 11.3 Å². The molecule has 0 saturated heterocycles. The molecule has 0 aliphatic heterocycles. The summed E-state index contributed by atoms with van der Waals surface area (Å²) in [6, 6.07) is 0. The number of thiazole rings is 1. The molecule has 0 radical (unpaired) electrons. The van der Waals surface area contributed by atoms with Gasteiger partial charge in [0.25, 0.3) is 0 Å². The summed E-state index contributed by atoms with van der Waals surface area (Å²) in [5.74, 6) is 0.672. The van der Waals surface area contributed by atoms with Gasteiger partial charge in [0, 0.05) is 11.3 Å². The molecule has 1 atom stereocenters. The number of nitrogens with zero attached hydrogens (tertiary/aromatic N) is 1. The molecular formula is C11H19NOS. The minimum Gasteiger partial charge on any atom is -0.396 e. The van der Waals surface area contributed by atoms with Crippen molar-refractivity contribution in [1.29, 1.82) is 0 Å². The van der Waals surface area contributed by atoms with E-state index in [1.54, 1.807) is 11.3 Å². The van der Waals surface area contributed by atoms with Crippen LogP contribution in [-0.4, -0.2) is 16.7 Å². The van der Waals surface area contributed by atoms with Crippen LogP contribution in [0.15, 0.2) is 5.38 Å². The third-order valence-electron chi connectivity index (χ3n) is 2.39. The third kappa shape index (κ3) is 2.79. The predicted molar refractivity (Wildman–Crippen MR) is 60.8 cm³/mol. The van der Waals surface area contributed by atoms with E-state index in [1.807, 2.05) is 0 Å². The van der Waals surface area contributed by atoms with Gasteiger partial charge in [0.1, 0.15) is 0 Å². The van der Waals surface area contributed by atoms with Crippen LogP contribution in [0.25, 0.3) is 0 Å². The average Bonchev–Trinajstić information content (AvgIpc) is 2.54. The van der Waals surface area contributed by atoms with Crippen LogP contribution in [-0.2, 0) is 6.42 Å². The van der Waals surface area contributed by atoms with E-state index in [2.05, 4.69) is 31.1 Å². The first-order valence-electron chi connectivity index (χ1n) is 5.24. The Hall–Kier alpha value is -0.410. The van der Waals surface area contributed by atoms with Crippen molar-refractivity contribution in [3.05, 3.63) is 16.1 Å². The molecule has 0 fully saturated rings. The van der Waals surface area contributed by atoms with Crippen molar-refractivity contribution >= 4 is 11.3 Å². The summed E-state index contributed by atoms with van der Waals surface area (Å²) in [5, 5.41) is 12.5. The fraction of sp³-hybridized carbons (Fsp3) is 0.727. The Kier molecular flexibility index (Phi) is 4.55. The lowest BCUT2D eigenvalue weighted by molar-refractivity contribution is 0.237. The zero-order valence-electron chi connectivity index (χ0n) is 9.16. The first-order chi connectivity index (χ1) is 6.69. The summed E-state index contributed by atoms with van der Waals surface area (Å²) >= 11 is 1.68. The van der Waals surface area contributed by atoms with E-state index >= 15 is 0 Å². The lowest BCUT2D eigenvalue weighted by Crippen LogP contribution is -2.10. The average molecular weight is 213 g/mol. The minimum atomic E-state index is 0.205. The van der Waals surface area contributed by atoms with Gasteiger partial charge in [0.2, 0.25) is 0 Å². The van der Waals surface area contributed by atoms with Gasteiger partial charge in [0.05, 0.1) is 17.3 Å². The summed E-state index contributed by atoms with van der Waals surface area (Å²) < 4.78 is 0. The summed E-state index contributed by atoms with van der Waals surface area (Å²) in [7, 11) is 0. The number of aliphatic hydroxyl groups is 1. The highest BCUT2D eigenvalue weighted by atomic mass is 32.1. The Morgan fingerprint density at radius 1 is 1.50 bits per heavy atom. The molecule has 2 nitrogen and oxygen atoms in total. The van der Waals surface area contributed by atoms with Crippen molar-refractivity contribution in [1.82, 2.24) is 4.98 Å². The van der Waals surface area contributed by atoms with E-state index in [9.17, 15) is 5.11 Å². The monoisotopic (exact) mass is 213 g/mol. The summed E-state index contributed by atoms with van der Waals surface area (Å²) in [5.41, 5.74) is 1.17. The molecule has 0 spiro atoms. The molecule has 80 valence electrons. The molecule has 3 heteroatoms. The third-order valence-corrected chi connectivity index (χ3v) is 3.42. The topological polar surface area (TPSA) is 33.1 Å². The Morgan fingerprint density at radius 3 is 2.71 bits per heavy atom. The molecule has 14 heavy (non-hydrogen) atoms. The number of aliphatic hydroxyl groups excluding tert-OH is 1. The van der Waals surface area contributed by atoms with E-state index < -0.39 is 0 Å². The maximum atomic E-state index is 9.26. The first kappa shape index (κ1) is 11.7. The second-order valence-electron chi connectivity index (χ2n) is 3.96. The molecule has 0 saturated carbocycles. The lowest BCUT2D eigenvalue weighted by Gasteiger charge is -2.14. The standard InChI is InChI=1S/C11H19NOS/c1-4-5-9-7-14-11(12-9)10(6-13)8(2)3/h7-8,10,13H,4-6H2,1-3H3. The first-order valence-corrected chi connectivity index (χ1v) is 6.12. The van der Waals surface area contributed by atoms with E-state index in [0.717, 1.165) is 17.8 Å². The molecule has 1 rings (SSSR count). The molecule has 0 aliphatic carbocycles. The molecule has 0 aromatic carbocycles. The Morgan fingerprint density at radius 2 is 2.21 bits per heavy atom. The molecular weight excluding hydrogens is 194 g/mol. The van der Waals surface area contributed by atoms with Crippen LogP contribution in [0.3, 0.4) is 0 Å². The van der Waals surface area contributed by atoms with E-state index in [0.29, 0.717) is 5.92 Å². The maximum absolute atomic E-state index is 9.26. The Balaban J connectivity index is 2.73. The van der Waals surface area contributed by atoms with Gasteiger partial charge < -0.3 is 5.11 Å². The highest BCUT2D eigenvalue weighted by Crippen LogP contribution is 2.26. The van der Waals surface area contributed by atoms with Crippen LogP contribution < -0.4 is 0 Å². The van der Waals surface area contributed by atoms with Crippen molar-refractivity contribution in [2.45, 2.75) is 39.5 Å². The largest absolute Gasteiger partial charge is 0.396 e. The number of aromatic nitrogens is 1. The number of rotatable bonds is 5. The SMILES string of the molecule is CCCc1csc(C(CO)C(C)C)n1. The van der Waals surface area contributed by atoms with Gasteiger partial charge in [-0.1, -0.05) is 27.2 Å². The van der Waals surface area contributed by atoms with Crippen molar-refractivity contribution in [2.75, 3.05) is 6.61 Å². The van der Waals surface area contributed by atoms with Crippen LogP contribution in [0.4, 0.5) is 0 Å². The maximum Gasteiger partial charge on any atom is 0.0984 e. The highest BCUT2D eigenvalue weighted by molar-refractivity contribution is 7.09. The molecule has 0 amide bonds. The van der Waals surface area contributed by atoms with Crippen molar-refractivity contribution in [3.8, 4) is 0 Å². The minimum absolute atomic E-state index is 0.205. The molecule has 0 bridgehead atoms. The molecule has 1 aromatic rings. The highest BCUT2D eigenvalue weighted by Gasteiger charge is 2.18. The van der Waals surface area contributed by atoms with Gasteiger partial charge in [-0.3, -0.25) is 0 Å². The second kappa shape index (κ2) is 5.47. The van der Waals surface area contributed by atoms with Gasteiger partial charge in [-0.25, -0.2) is 4.98 Å². The quantitative estimate of drug-likeness (QED) is 0.816. The fourth-order valence-electron chi connectivity index (χ4n) is 1.44. The van der Waals surface area contributed by atoms with E-state index in [1.165, 1.54) is 5.69 Å². The zero-order chi connectivity index (χ0) is 10.6. The van der Waals surface area contributed by atoms with Crippen molar-refractivity contribution in [2.24, 2.45) is 5.92 Å². The van der Waals surface area contributed by atoms with Gasteiger partial charge >= 0.3 is 0 Å². The second-order valence-corrected chi connectivity index (χ2v) is 4.85. The molecule has 1 unspecified atom stereocenters. The number of aryl methyl sites for hydroxylation is 1. The molecule has 1 N–H and O–H groups in total. The van der Waals surface area contributed by atoms with Crippen LogP contribution in [0.2, 0.25) is 0 Å². The van der Waals surface area contributed by atoms with Crippen molar-refractivity contribution < 1.29 is 5.11 Å². The van der Waals surface area contributed by atoms with Gasteiger partial charge in [0.15, 0.2) is 0 Å². The van der Waals surface area contributed by atoms with Crippen LogP contribution in [0.5, 0.6) is 0 Å². The van der Waals surface area contributed by atoms with E-state index in [-0.39, 0.29) is 12.5 Å². The van der Waals surface area contributed by atoms with E-state index in [4.69, 9.17) is 0 Å². The predicted octanol–water partition coefficient (Wildman–Crippen LogP) is 2.83. The molecule has 1 aromatic heterocycles. The number of hydrogen-bond acceptors (Lipinski definition) is 3. The normalized spacial score (nSPS) is 13.5. The fourth-order valence-corrected chi connectivity index (χ4v) is 2.56. The number of hydrogen-bond donors (Lipinski definition) is 1. The summed E-state index contributed by atoms with van der Waals surface area (Å²) in [6.07, 6.45) is 2.18. The summed E-state index contributed by atoms with van der Waals surface area (Å²) in [4.78, 5) is 4.55. The van der Waals surface area contributed by atoms with Crippen LogP contribution in [0.1, 0.15) is 43.8 Å².